The van der Waals surface area contributed by atoms with Gasteiger partial charge in [0.25, 0.3) is 0 Å². The van der Waals surface area contributed by atoms with Crippen LogP contribution in [-0.4, -0.2) is 11.5 Å². The first kappa shape index (κ1) is 6.80. The molecule has 1 aliphatic heterocycles. The van der Waals surface area contributed by atoms with Crippen LogP contribution in [0.25, 0.3) is 0 Å². The standard InChI is InChI=1S/C9H12N2/c1-7-2-5-11-9-3-4-10-6-8(7)9/h2,5,10H,3-4,6H2,1H3. The highest BCUT2D eigenvalue weighted by Gasteiger charge is 2.10. The second kappa shape index (κ2) is 2.62. The van der Waals surface area contributed by atoms with E-state index in [0.717, 1.165) is 19.5 Å². The Kier molecular flexibility index (Phi) is 1.62. The van der Waals surface area contributed by atoms with Gasteiger partial charge in [0, 0.05) is 31.4 Å². The van der Waals surface area contributed by atoms with Gasteiger partial charge in [-0.15, -0.1) is 0 Å². The monoisotopic (exact) mass is 148 g/mol. The summed E-state index contributed by atoms with van der Waals surface area (Å²) in [6.45, 7) is 4.21. The second-order valence-corrected chi connectivity index (χ2v) is 2.98. The van der Waals surface area contributed by atoms with E-state index in [0.29, 0.717) is 0 Å². The van der Waals surface area contributed by atoms with Crippen LogP contribution in [-0.2, 0) is 13.0 Å². The predicted molar refractivity (Wildman–Crippen MR) is 44.4 cm³/mol. The number of aryl methyl sites for hydroxylation is 1. The number of hydrogen-bond acceptors (Lipinski definition) is 2. The molecule has 0 spiro atoms. The summed E-state index contributed by atoms with van der Waals surface area (Å²) in [7, 11) is 0. The molecular weight excluding hydrogens is 136 g/mol. The van der Waals surface area contributed by atoms with E-state index in [1.54, 1.807) is 0 Å². The van der Waals surface area contributed by atoms with E-state index in [4.69, 9.17) is 0 Å². The maximum atomic E-state index is 4.34. The Morgan fingerprint density at radius 1 is 1.55 bits per heavy atom. The fourth-order valence-electron chi connectivity index (χ4n) is 1.52. The van der Waals surface area contributed by atoms with E-state index in [1.807, 2.05) is 6.20 Å². The topological polar surface area (TPSA) is 24.9 Å². The van der Waals surface area contributed by atoms with E-state index < -0.39 is 0 Å². The molecule has 2 heteroatoms. The van der Waals surface area contributed by atoms with Crippen LogP contribution in [0.5, 0.6) is 0 Å². The fraction of sp³-hybridized carbons (Fsp3) is 0.444. The zero-order valence-electron chi connectivity index (χ0n) is 6.72. The van der Waals surface area contributed by atoms with Gasteiger partial charge >= 0.3 is 0 Å². The Bertz CT molecular complexity index is 268. The van der Waals surface area contributed by atoms with Gasteiger partial charge in [-0.3, -0.25) is 4.98 Å². The molecule has 0 atom stereocenters. The van der Waals surface area contributed by atoms with Gasteiger partial charge in [0.2, 0.25) is 0 Å². The lowest BCUT2D eigenvalue weighted by molar-refractivity contribution is 0.627. The summed E-state index contributed by atoms with van der Waals surface area (Å²) in [6, 6.07) is 2.08. The molecule has 11 heavy (non-hydrogen) atoms. The Morgan fingerprint density at radius 2 is 2.45 bits per heavy atom. The van der Waals surface area contributed by atoms with E-state index in [9.17, 15) is 0 Å². The molecule has 0 saturated carbocycles. The van der Waals surface area contributed by atoms with Crippen LogP contribution in [0.15, 0.2) is 12.3 Å². The third-order valence-corrected chi connectivity index (χ3v) is 2.22. The lowest BCUT2D eigenvalue weighted by atomic mass is 10.0. The van der Waals surface area contributed by atoms with Gasteiger partial charge < -0.3 is 5.32 Å². The van der Waals surface area contributed by atoms with Crippen molar-refractivity contribution in [3.05, 3.63) is 29.1 Å². The van der Waals surface area contributed by atoms with Gasteiger partial charge in [-0.25, -0.2) is 0 Å². The molecule has 0 bridgehead atoms. The smallest absolute Gasteiger partial charge is 0.0463 e. The molecule has 0 unspecified atom stereocenters. The van der Waals surface area contributed by atoms with E-state index in [1.165, 1.54) is 16.8 Å². The molecule has 0 amide bonds. The SMILES string of the molecule is Cc1ccnc2c1CNCC2. The largest absolute Gasteiger partial charge is 0.312 e. The first-order valence-corrected chi connectivity index (χ1v) is 4.02. The van der Waals surface area contributed by atoms with Crippen molar-refractivity contribution < 1.29 is 0 Å². The Hall–Kier alpha value is -0.890. The molecule has 0 aromatic carbocycles. The third kappa shape index (κ3) is 1.14. The minimum atomic E-state index is 0.995. The van der Waals surface area contributed by atoms with Crippen molar-refractivity contribution in [3.63, 3.8) is 0 Å². The lowest BCUT2D eigenvalue weighted by Crippen LogP contribution is -2.25. The average molecular weight is 148 g/mol. The van der Waals surface area contributed by atoms with Crippen LogP contribution in [0, 0.1) is 6.92 Å². The summed E-state index contributed by atoms with van der Waals surface area (Å²) in [5.74, 6) is 0. The summed E-state index contributed by atoms with van der Waals surface area (Å²) in [5, 5.41) is 3.34. The maximum Gasteiger partial charge on any atom is 0.0463 e. The van der Waals surface area contributed by atoms with Crippen molar-refractivity contribution in [3.8, 4) is 0 Å². The van der Waals surface area contributed by atoms with Crippen molar-refractivity contribution in [2.24, 2.45) is 0 Å². The van der Waals surface area contributed by atoms with Crippen LogP contribution in [0.3, 0.4) is 0 Å². The third-order valence-electron chi connectivity index (χ3n) is 2.22. The molecule has 2 heterocycles. The molecule has 1 aromatic heterocycles. The van der Waals surface area contributed by atoms with Crippen molar-refractivity contribution >= 4 is 0 Å². The number of hydrogen-bond donors (Lipinski definition) is 1. The molecule has 0 radical (unpaired) electrons. The van der Waals surface area contributed by atoms with Crippen molar-refractivity contribution in [1.82, 2.24) is 10.3 Å². The van der Waals surface area contributed by atoms with E-state index in [-0.39, 0.29) is 0 Å². The molecule has 1 N–H and O–H groups in total. The van der Waals surface area contributed by atoms with Gasteiger partial charge in [0.05, 0.1) is 0 Å². The van der Waals surface area contributed by atoms with Gasteiger partial charge in [-0.2, -0.15) is 0 Å². The molecule has 2 nitrogen and oxygen atoms in total. The number of nitrogens with zero attached hydrogens (tertiary/aromatic N) is 1. The van der Waals surface area contributed by atoms with Crippen molar-refractivity contribution in [1.29, 1.82) is 0 Å². The molecule has 58 valence electrons. The highest BCUT2D eigenvalue weighted by Crippen LogP contribution is 2.14. The molecule has 1 aromatic rings. The molecular formula is C9H12N2. The number of fused-ring (bicyclic) bond motifs is 1. The quantitative estimate of drug-likeness (QED) is 0.594. The van der Waals surface area contributed by atoms with Crippen LogP contribution >= 0.6 is 0 Å². The first-order chi connectivity index (χ1) is 5.38. The summed E-state index contributed by atoms with van der Waals surface area (Å²) >= 11 is 0. The molecule has 0 fully saturated rings. The minimum Gasteiger partial charge on any atom is -0.312 e. The molecule has 0 aliphatic carbocycles. The number of rotatable bonds is 0. The van der Waals surface area contributed by atoms with Crippen LogP contribution in [0.1, 0.15) is 16.8 Å². The summed E-state index contributed by atoms with van der Waals surface area (Å²) in [4.78, 5) is 4.34. The van der Waals surface area contributed by atoms with Crippen molar-refractivity contribution in [2.75, 3.05) is 6.54 Å². The Labute approximate surface area is 66.7 Å². The Balaban J connectivity index is 2.49. The number of nitrogens with one attached hydrogen (secondary N) is 1. The van der Waals surface area contributed by atoms with Gasteiger partial charge in [-0.05, 0) is 24.1 Å². The maximum absolute atomic E-state index is 4.34. The lowest BCUT2D eigenvalue weighted by Gasteiger charge is -2.17. The number of pyridine rings is 1. The zero-order chi connectivity index (χ0) is 7.68. The summed E-state index contributed by atoms with van der Waals surface area (Å²) < 4.78 is 0. The van der Waals surface area contributed by atoms with Crippen LogP contribution in [0.4, 0.5) is 0 Å². The van der Waals surface area contributed by atoms with E-state index in [2.05, 4.69) is 23.3 Å². The van der Waals surface area contributed by atoms with Crippen LogP contribution in [0.2, 0.25) is 0 Å². The second-order valence-electron chi connectivity index (χ2n) is 2.98. The van der Waals surface area contributed by atoms with Gasteiger partial charge in [0.15, 0.2) is 0 Å². The first-order valence-electron chi connectivity index (χ1n) is 4.02. The highest BCUT2D eigenvalue weighted by molar-refractivity contribution is 5.30. The van der Waals surface area contributed by atoms with Crippen LogP contribution < -0.4 is 5.32 Å². The van der Waals surface area contributed by atoms with Crippen molar-refractivity contribution in [2.45, 2.75) is 19.9 Å². The molecule has 1 aliphatic rings. The summed E-state index contributed by atoms with van der Waals surface area (Å²) in [6.07, 6.45) is 2.98. The van der Waals surface area contributed by atoms with Gasteiger partial charge in [0.1, 0.15) is 0 Å². The normalized spacial score (nSPS) is 16.1. The summed E-state index contributed by atoms with van der Waals surface area (Å²) in [5.41, 5.74) is 4.05. The zero-order valence-corrected chi connectivity index (χ0v) is 6.72. The minimum absolute atomic E-state index is 0.995. The molecule has 0 saturated heterocycles. The fourth-order valence-corrected chi connectivity index (χ4v) is 1.52. The van der Waals surface area contributed by atoms with Gasteiger partial charge in [-0.1, -0.05) is 0 Å². The van der Waals surface area contributed by atoms with E-state index >= 15 is 0 Å². The highest BCUT2D eigenvalue weighted by atomic mass is 14.9. The Morgan fingerprint density at radius 3 is 3.27 bits per heavy atom. The number of aromatic nitrogens is 1. The molecule has 2 rings (SSSR count). The predicted octanol–water partition coefficient (Wildman–Crippen LogP) is 1.04. The average Bonchev–Trinajstić information content (AvgIpc) is 2.06.